The number of carbonyl (C=O) groups excluding carboxylic acids is 1. The molecule has 1 radical (unpaired) electrons. The molecule has 5 aliphatic rings. The van der Waals surface area contributed by atoms with Gasteiger partial charge in [0.2, 0.25) is 0 Å². The zero-order valence-electron chi connectivity index (χ0n) is 18.6. The summed E-state index contributed by atoms with van der Waals surface area (Å²) in [6.07, 6.45) is 21.7. The molecule has 0 unspecified atom stereocenters. The van der Waals surface area contributed by atoms with E-state index in [1.54, 1.807) is 12.1 Å². The molecule has 0 aliphatic carbocycles. The van der Waals surface area contributed by atoms with Crippen molar-refractivity contribution in [3.8, 4) is 0 Å². The Hall–Kier alpha value is -4.20. The molecule has 0 fully saturated rings. The first-order valence-electron chi connectivity index (χ1n) is 10.8. The van der Waals surface area contributed by atoms with Gasteiger partial charge < -0.3 is 4.74 Å². The maximum atomic E-state index is 11.8. The van der Waals surface area contributed by atoms with Gasteiger partial charge in [-0.2, -0.15) is 0 Å². The molecule has 7 heteroatoms. The van der Waals surface area contributed by atoms with Crippen LogP contribution in [0.25, 0.3) is 5.57 Å². The molecule has 5 aliphatic heterocycles. The van der Waals surface area contributed by atoms with Crippen LogP contribution >= 0.6 is 0 Å². The summed E-state index contributed by atoms with van der Waals surface area (Å²) in [5.41, 5.74) is 8.98. The summed E-state index contributed by atoms with van der Waals surface area (Å²) in [7, 11) is 1.37. The first-order chi connectivity index (χ1) is 16.6. The van der Waals surface area contributed by atoms with Gasteiger partial charge in [-0.15, -0.1) is 0 Å². The molecular weight excluding hydrogens is 483 g/mol. The van der Waals surface area contributed by atoms with Crippen LogP contribution in [-0.2, 0) is 21.5 Å². The number of aliphatic imine (C=N–C) groups is 4. The van der Waals surface area contributed by atoms with Gasteiger partial charge in [0.1, 0.15) is 0 Å². The smallest absolute Gasteiger partial charge is 0.337 e. The summed E-state index contributed by atoms with van der Waals surface area (Å²) in [4.78, 5) is 30.7. The minimum Gasteiger partial charge on any atom is -0.465 e. The number of methoxy groups -OCH3 is 1. The minimum atomic E-state index is -0.365. The Morgan fingerprint density at radius 2 is 1.14 bits per heavy atom. The van der Waals surface area contributed by atoms with Crippen molar-refractivity contribution in [2.75, 3.05) is 7.11 Å². The van der Waals surface area contributed by atoms with Crippen molar-refractivity contribution in [3.05, 3.63) is 125 Å². The standard InChI is InChI=1S/C28H18N4O2.Co/c1-34-28(33)18-4-2-17(3-5-18)26-15-25-14-23-9-8-21(30-23)12-19-6-7-20(29-19)13-22-10-11-24(31-22)16-27(26)32-25;/h2-16H,1H3;. The molecule has 0 amide bonds. The van der Waals surface area contributed by atoms with Gasteiger partial charge in [0, 0.05) is 22.4 Å². The van der Waals surface area contributed by atoms with E-state index < -0.39 is 0 Å². The van der Waals surface area contributed by atoms with Gasteiger partial charge in [0.25, 0.3) is 0 Å². The van der Waals surface area contributed by atoms with Gasteiger partial charge in [-0.1, -0.05) is 12.1 Å². The molecule has 35 heavy (non-hydrogen) atoms. The van der Waals surface area contributed by atoms with Gasteiger partial charge in [-0.3, -0.25) is 0 Å². The average Bonchev–Trinajstić information content (AvgIpc) is 3.64. The van der Waals surface area contributed by atoms with Gasteiger partial charge >= 0.3 is 5.97 Å². The van der Waals surface area contributed by atoms with E-state index in [1.165, 1.54) is 7.11 Å². The van der Waals surface area contributed by atoms with Crippen LogP contribution in [0.1, 0.15) is 15.9 Å². The molecule has 1 aromatic carbocycles. The SMILES string of the molecule is COC(=O)c1ccc(C2=CC3=NC2=CC2=NC(=CC4=NC(=CC5=NC(=C3)C=C5)C=C4)C=C2)cc1.[Co]. The van der Waals surface area contributed by atoms with Gasteiger partial charge in [0.15, 0.2) is 0 Å². The maximum Gasteiger partial charge on any atom is 0.337 e. The zero-order valence-corrected chi connectivity index (χ0v) is 19.6. The van der Waals surface area contributed by atoms with Crippen molar-refractivity contribution in [1.82, 2.24) is 0 Å². The summed E-state index contributed by atoms with van der Waals surface area (Å²) in [6.45, 7) is 0. The number of esters is 1. The molecule has 5 heterocycles. The minimum absolute atomic E-state index is 0. The normalized spacial score (nSPS) is 18.9. The molecule has 0 aromatic heterocycles. The summed E-state index contributed by atoms with van der Waals surface area (Å²) in [6, 6.07) is 7.31. The summed E-state index contributed by atoms with van der Waals surface area (Å²) < 4.78 is 4.81. The van der Waals surface area contributed by atoms with Crippen molar-refractivity contribution >= 4 is 34.4 Å². The van der Waals surface area contributed by atoms with E-state index in [9.17, 15) is 4.79 Å². The largest absolute Gasteiger partial charge is 0.465 e. The van der Waals surface area contributed by atoms with Crippen molar-refractivity contribution in [3.63, 3.8) is 0 Å². The topological polar surface area (TPSA) is 75.7 Å². The Bertz CT molecular complexity index is 1520. The second-order valence-corrected chi connectivity index (χ2v) is 8.01. The molecule has 0 N–H and O–H groups in total. The number of fused-ring (bicyclic) bond motifs is 4. The fourth-order valence-electron chi connectivity index (χ4n) is 4.03. The van der Waals surface area contributed by atoms with E-state index in [0.717, 1.165) is 56.8 Å². The van der Waals surface area contributed by atoms with Crippen LogP contribution in [0.4, 0.5) is 0 Å². The average molecular weight is 501 g/mol. The molecule has 8 bridgehead atoms. The van der Waals surface area contributed by atoms with Crippen molar-refractivity contribution in [2.24, 2.45) is 20.0 Å². The number of allylic oxidation sites excluding steroid dienone is 12. The third-order valence-corrected chi connectivity index (χ3v) is 5.66. The van der Waals surface area contributed by atoms with Crippen molar-refractivity contribution in [1.29, 1.82) is 0 Å². The van der Waals surface area contributed by atoms with Gasteiger partial charge in [-0.25, -0.2) is 24.8 Å². The molecule has 0 spiro atoms. The van der Waals surface area contributed by atoms with Crippen LogP contribution in [0.2, 0.25) is 0 Å². The van der Waals surface area contributed by atoms with E-state index in [4.69, 9.17) is 14.7 Å². The van der Waals surface area contributed by atoms with E-state index >= 15 is 0 Å². The second kappa shape index (κ2) is 9.21. The van der Waals surface area contributed by atoms with Crippen molar-refractivity contribution in [2.45, 2.75) is 0 Å². The number of carbonyl (C=O) groups is 1. The number of hydrogen-bond acceptors (Lipinski definition) is 6. The predicted molar refractivity (Wildman–Crippen MR) is 135 cm³/mol. The molecule has 0 atom stereocenters. The van der Waals surface area contributed by atoms with Crippen molar-refractivity contribution < 1.29 is 26.3 Å². The number of nitrogens with zero attached hydrogens (tertiary/aromatic N) is 4. The third kappa shape index (κ3) is 4.59. The first kappa shape index (κ1) is 22.6. The first-order valence-corrected chi connectivity index (χ1v) is 10.8. The van der Waals surface area contributed by atoms with E-state index in [-0.39, 0.29) is 22.7 Å². The number of rotatable bonds is 2. The quantitative estimate of drug-likeness (QED) is 0.542. The van der Waals surface area contributed by atoms with E-state index in [0.29, 0.717) is 5.56 Å². The molecule has 171 valence electrons. The third-order valence-electron chi connectivity index (χ3n) is 5.66. The molecular formula is C28H18CoN4O2. The number of benzene rings is 1. The van der Waals surface area contributed by atoms with E-state index in [2.05, 4.69) is 9.98 Å². The maximum absolute atomic E-state index is 11.8. The van der Waals surface area contributed by atoms with Crippen LogP contribution in [0, 0.1) is 0 Å². The Morgan fingerprint density at radius 3 is 1.69 bits per heavy atom. The number of hydrogen-bond donors (Lipinski definition) is 0. The molecule has 0 saturated heterocycles. The number of ether oxygens (including phenoxy) is 1. The molecule has 0 saturated carbocycles. The second-order valence-electron chi connectivity index (χ2n) is 8.01. The Kier molecular flexibility index (Phi) is 5.94. The van der Waals surface area contributed by atoms with Crippen LogP contribution in [0.15, 0.2) is 134 Å². The summed E-state index contributed by atoms with van der Waals surface area (Å²) >= 11 is 0. The molecule has 1 aromatic rings. The summed E-state index contributed by atoms with van der Waals surface area (Å²) in [5, 5.41) is 0. The van der Waals surface area contributed by atoms with Crippen LogP contribution in [0.3, 0.4) is 0 Å². The monoisotopic (exact) mass is 501 g/mol. The Balaban J connectivity index is 0.00000253. The fraction of sp³-hybridized carbons (Fsp3) is 0.0357. The van der Waals surface area contributed by atoms with Crippen LogP contribution < -0.4 is 0 Å². The molecule has 6 nitrogen and oxygen atoms in total. The van der Waals surface area contributed by atoms with Crippen LogP contribution in [-0.4, -0.2) is 35.9 Å². The molecule has 6 rings (SSSR count). The van der Waals surface area contributed by atoms with E-state index in [1.807, 2.05) is 79.0 Å². The van der Waals surface area contributed by atoms with Gasteiger partial charge in [-0.05, 0) is 84.5 Å². The van der Waals surface area contributed by atoms with Gasteiger partial charge in [0.05, 0.1) is 58.3 Å². The Labute approximate surface area is 212 Å². The fourth-order valence-corrected chi connectivity index (χ4v) is 4.03. The zero-order chi connectivity index (χ0) is 23.1. The Morgan fingerprint density at radius 1 is 0.629 bits per heavy atom. The van der Waals surface area contributed by atoms with Crippen LogP contribution in [0.5, 0.6) is 0 Å². The predicted octanol–water partition coefficient (Wildman–Crippen LogP) is 4.89. The summed E-state index contributed by atoms with van der Waals surface area (Å²) in [5.74, 6) is -0.365.